The smallest absolute Gasteiger partial charge is 0.270 e. The number of nitrogens with zero attached hydrogens (tertiary/aromatic N) is 2. The first-order valence-electron chi connectivity index (χ1n) is 10.2. The van der Waals surface area contributed by atoms with Crippen LogP contribution in [0.2, 0.25) is 0 Å². The molecule has 2 N–H and O–H groups in total. The molecule has 0 amide bonds. The van der Waals surface area contributed by atoms with Crippen LogP contribution >= 0.6 is 0 Å². The molecule has 0 spiro atoms. The van der Waals surface area contributed by atoms with Gasteiger partial charge in [-0.05, 0) is 50.9 Å². The van der Waals surface area contributed by atoms with Crippen LogP contribution in [0.4, 0.5) is 0 Å². The van der Waals surface area contributed by atoms with Crippen LogP contribution in [0.5, 0.6) is 0 Å². The summed E-state index contributed by atoms with van der Waals surface area (Å²) in [6, 6.07) is 0. The first-order chi connectivity index (χ1) is 12.9. The fraction of sp³-hybridized carbons (Fsp3) is 0.619. The molecule has 2 aromatic heterocycles. The Morgan fingerprint density at radius 3 is 2.33 bits per heavy atom. The molecular formula is C21H28N4O2. The number of rotatable bonds is 4. The lowest BCUT2D eigenvalue weighted by Gasteiger charge is -2.19. The highest BCUT2D eigenvalue weighted by Crippen LogP contribution is 2.31. The molecule has 2 unspecified atom stereocenters. The highest BCUT2D eigenvalue weighted by atomic mass is 16.1. The topological polar surface area (TPSA) is 91.5 Å². The zero-order chi connectivity index (χ0) is 19.1. The molecule has 2 aliphatic rings. The van der Waals surface area contributed by atoms with Crippen molar-refractivity contribution in [1.29, 1.82) is 0 Å². The van der Waals surface area contributed by atoms with Crippen LogP contribution in [-0.4, -0.2) is 19.9 Å². The van der Waals surface area contributed by atoms with E-state index in [1.165, 1.54) is 0 Å². The molecule has 0 radical (unpaired) electrons. The molecule has 144 valence electrons. The van der Waals surface area contributed by atoms with Crippen molar-refractivity contribution in [1.82, 2.24) is 19.9 Å². The summed E-state index contributed by atoms with van der Waals surface area (Å²) in [6.45, 7) is 6.07. The summed E-state index contributed by atoms with van der Waals surface area (Å²) in [7, 11) is 0. The second kappa shape index (κ2) is 7.06. The van der Waals surface area contributed by atoms with E-state index in [9.17, 15) is 9.59 Å². The molecule has 0 fully saturated rings. The summed E-state index contributed by atoms with van der Waals surface area (Å²) < 4.78 is 0. The molecule has 0 aliphatic heterocycles. The maximum Gasteiger partial charge on any atom is 0.270 e. The monoisotopic (exact) mass is 368 g/mol. The van der Waals surface area contributed by atoms with E-state index in [0.29, 0.717) is 17.3 Å². The zero-order valence-corrected chi connectivity index (χ0v) is 16.4. The molecular weight excluding hydrogens is 340 g/mol. The van der Waals surface area contributed by atoms with Crippen molar-refractivity contribution in [2.75, 3.05) is 0 Å². The number of aromatic nitrogens is 4. The van der Waals surface area contributed by atoms with Gasteiger partial charge in [-0.3, -0.25) is 19.6 Å². The van der Waals surface area contributed by atoms with Gasteiger partial charge >= 0.3 is 0 Å². The largest absolute Gasteiger partial charge is 0.323 e. The standard InChI is InChI=1S/C21H28N4O2/c1-11(2)18-20(26)25-17-10-13(9-16(17)23-18)8-12(3)19-21(27)24-15-7-5-4-6-14(15)22-19/h11-13H,4-10H2,1-3H3,(H,24,27)(H,25,26). The van der Waals surface area contributed by atoms with E-state index in [1.54, 1.807) is 0 Å². The maximum absolute atomic E-state index is 12.5. The van der Waals surface area contributed by atoms with Gasteiger partial charge in [-0.25, -0.2) is 0 Å². The van der Waals surface area contributed by atoms with Crippen molar-refractivity contribution in [3.8, 4) is 0 Å². The Balaban J connectivity index is 1.52. The average molecular weight is 368 g/mol. The lowest BCUT2D eigenvalue weighted by molar-refractivity contribution is 0.456. The molecule has 2 aromatic rings. The summed E-state index contributed by atoms with van der Waals surface area (Å²) in [6.07, 6.45) is 6.73. The first kappa shape index (κ1) is 18.1. The minimum absolute atomic E-state index is 0.0349. The van der Waals surface area contributed by atoms with Crippen LogP contribution in [0.3, 0.4) is 0 Å². The van der Waals surface area contributed by atoms with Crippen LogP contribution in [0.15, 0.2) is 9.59 Å². The van der Waals surface area contributed by atoms with Gasteiger partial charge in [0.05, 0.1) is 11.4 Å². The Labute approximate surface area is 158 Å². The third kappa shape index (κ3) is 3.49. The maximum atomic E-state index is 12.5. The molecule has 2 heterocycles. The predicted octanol–water partition coefficient (Wildman–Crippen LogP) is 2.76. The van der Waals surface area contributed by atoms with Crippen molar-refractivity contribution >= 4 is 0 Å². The Morgan fingerprint density at radius 2 is 1.56 bits per heavy atom. The predicted molar refractivity (Wildman–Crippen MR) is 104 cm³/mol. The van der Waals surface area contributed by atoms with Crippen LogP contribution in [0, 0.1) is 5.92 Å². The van der Waals surface area contributed by atoms with Crippen molar-refractivity contribution < 1.29 is 0 Å². The molecule has 0 aromatic carbocycles. The Kier molecular flexibility index (Phi) is 4.74. The molecule has 27 heavy (non-hydrogen) atoms. The summed E-state index contributed by atoms with van der Waals surface area (Å²) >= 11 is 0. The van der Waals surface area contributed by atoms with Crippen molar-refractivity contribution in [3.63, 3.8) is 0 Å². The van der Waals surface area contributed by atoms with E-state index >= 15 is 0 Å². The van der Waals surface area contributed by atoms with Crippen LogP contribution < -0.4 is 11.1 Å². The third-order valence-corrected chi connectivity index (χ3v) is 5.97. The number of aromatic amines is 2. The highest BCUT2D eigenvalue weighted by molar-refractivity contribution is 5.23. The number of H-pyrrole nitrogens is 2. The SMILES string of the molecule is CC(C)c1nc2c([nH]c1=O)CC(CC(C)c1nc3c([nH]c1=O)CCCC3)C2. The Bertz CT molecular complexity index is 973. The molecule has 0 saturated carbocycles. The number of hydrogen-bond acceptors (Lipinski definition) is 4. The van der Waals surface area contributed by atoms with E-state index in [-0.39, 0.29) is 23.0 Å². The van der Waals surface area contributed by atoms with Gasteiger partial charge in [-0.2, -0.15) is 0 Å². The summed E-state index contributed by atoms with van der Waals surface area (Å²) in [5, 5.41) is 0. The molecule has 0 bridgehead atoms. The third-order valence-electron chi connectivity index (χ3n) is 5.97. The van der Waals surface area contributed by atoms with Crippen LogP contribution in [0.1, 0.15) is 86.0 Å². The van der Waals surface area contributed by atoms with Gasteiger partial charge in [-0.1, -0.05) is 20.8 Å². The minimum atomic E-state index is -0.0646. The van der Waals surface area contributed by atoms with Gasteiger partial charge in [0.15, 0.2) is 0 Å². The van der Waals surface area contributed by atoms with Crippen LogP contribution in [0.25, 0.3) is 0 Å². The van der Waals surface area contributed by atoms with Crippen LogP contribution in [-0.2, 0) is 25.7 Å². The second-order valence-electron chi connectivity index (χ2n) is 8.53. The lowest BCUT2D eigenvalue weighted by Crippen LogP contribution is -2.24. The summed E-state index contributed by atoms with van der Waals surface area (Å²) in [5.74, 6) is 0.602. The molecule has 6 nitrogen and oxygen atoms in total. The summed E-state index contributed by atoms with van der Waals surface area (Å²) in [5.41, 5.74) is 5.27. The van der Waals surface area contributed by atoms with Crippen molar-refractivity contribution in [3.05, 3.63) is 54.9 Å². The van der Waals surface area contributed by atoms with Gasteiger partial charge < -0.3 is 9.97 Å². The van der Waals surface area contributed by atoms with E-state index < -0.39 is 0 Å². The fourth-order valence-corrected chi connectivity index (χ4v) is 4.56. The molecule has 6 heteroatoms. The van der Waals surface area contributed by atoms with E-state index in [1.807, 2.05) is 13.8 Å². The van der Waals surface area contributed by atoms with Gasteiger partial charge in [0, 0.05) is 23.2 Å². The zero-order valence-electron chi connectivity index (χ0n) is 16.4. The molecule has 0 saturated heterocycles. The number of hydrogen-bond donors (Lipinski definition) is 2. The number of fused-ring (bicyclic) bond motifs is 2. The van der Waals surface area contributed by atoms with Gasteiger partial charge in [-0.15, -0.1) is 0 Å². The van der Waals surface area contributed by atoms with E-state index in [0.717, 1.165) is 67.7 Å². The minimum Gasteiger partial charge on any atom is -0.323 e. The highest BCUT2D eigenvalue weighted by Gasteiger charge is 2.28. The van der Waals surface area contributed by atoms with Crippen molar-refractivity contribution in [2.24, 2.45) is 5.92 Å². The second-order valence-corrected chi connectivity index (χ2v) is 8.53. The average Bonchev–Trinajstić information content (AvgIpc) is 3.01. The lowest BCUT2D eigenvalue weighted by atomic mass is 9.91. The van der Waals surface area contributed by atoms with E-state index in [4.69, 9.17) is 4.98 Å². The normalized spacial score (nSPS) is 19.8. The van der Waals surface area contributed by atoms with Crippen molar-refractivity contribution in [2.45, 2.75) is 77.6 Å². The van der Waals surface area contributed by atoms with Gasteiger partial charge in [0.1, 0.15) is 11.4 Å². The van der Waals surface area contributed by atoms with Gasteiger partial charge in [0.2, 0.25) is 0 Å². The Morgan fingerprint density at radius 1 is 0.889 bits per heavy atom. The number of nitrogens with one attached hydrogen (secondary N) is 2. The summed E-state index contributed by atoms with van der Waals surface area (Å²) in [4.78, 5) is 40.2. The Hall–Kier alpha value is -2.24. The van der Waals surface area contributed by atoms with Gasteiger partial charge in [0.25, 0.3) is 11.1 Å². The number of aryl methyl sites for hydroxylation is 2. The molecule has 4 rings (SSSR count). The quantitative estimate of drug-likeness (QED) is 0.868. The fourth-order valence-electron chi connectivity index (χ4n) is 4.56. The van der Waals surface area contributed by atoms with E-state index in [2.05, 4.69) is 21.9 Å². The molecule has 2 atom stereocenters. The first-order valence-corrected chi connectivity index (χ1v) is 10.2. The molecule has 2 aliphatic carbocycles.